The van der Waals surface area contributed by atoms with E-state index >= 15 is 0 Å². The van der Waals surface area contributed by atoms with Crippen LogP contribution in [0.3, 0.4) is 0 Å². The van der Waals surface area contributed by atoms with Crippen molar-refractivity contribution in [1.82, 2.24) is 40.3 Å². The van der Waals surface area contributed by atoms with Crippen molar-refractivity contribution in [2.24, 2.45) is 29.6 Å². The maximum Gasteiger partial charge on any atom is 0.412 e. The molecule has 5 N–H and O–H groups in total. The summed E-state index contributed by atoms with van der Waals surface area (Å²) < 4.78 is 45.6. The van der Waals surface area contributed by atoms with Gasteiger partial charge in [0.1, 0.15) is 17.8 Å². The number of nitrogens with one attached hydrogen (secondary N) is 4. The summed E-state index contributed by atoms with van der Waals surface area (Å²) in [4.78, 5) is 114. The minimum absolute atomic E-state index is 0.00450. The number of ether oxygens (including phenoxy) is 3. The molecule has 9 atom stereocenters. The number of likely N-dealkylation sites (N-methyl/N-ethyl adjacent to an activating group) is 2. The van der Waals surface area contributed by atoms with E-state index in [0.717, 1.165) is 0 Å². The number of amides is 7. The minimum atomic E-state index is -4.00. The standard InChI is InChI=1S/C56H92N8O14S/c1-13-36(6)49(62(10)54(70)47(34(2)3)59-53(69)48(35(4)5)61(8)9)44(76-11)33-46(66)64-29-17-18-43(64)50(77-12)37(7)51(67)58-42(52(68)60-79(74,75)41-24-25-41)32-38-20-22-40(23-21-38)78-56(73)57-28-16-14-15-19-45(65)63-30-26-39(27-31-63)55(71)72/h20-23,34-37,39,41-44,47-50H,13-19,24-33H2,1-12H3,(H,57,73)(H,58,67)(H,59,69)(H,60,68)(H,71,72)/t36-,37+,42-,43-,44+,47-,48?,49-,50+/m0/s1. The SMILES string of the molecule is CC[C@H](C)[C@@H]([C@@H](CC(=O)N1CCC[C@H]1[C@H](OC)[C@@H](C)C(=O)N[C@@H](Cc1ccc(OC(=O)NCCCCCC(=O)N2CCC(C(=O)O)CC2)cc1)C(=O)NS(=O)(=O)C1CC1)OC)N(C)C(=O)[C@@H](NC(=O)C(C(C)C)N(C)C)C(C)C. The van der Waals surface area contributed by atoms with Crippen LogP contribution < -0.4 is 25.4 Å². The van der Waals surface area contributed by atoms with E-state index < -0.39 is 93.4 Å². The fourth-order valence-electron chi connectivity index (χ4n) is 11.0. The van der Waals surface area contributed by atoms with Crippen molar-refractivity contribution in [3.05, 3.63) is 29.8 Å². The number of methoxy groups -OCH3 is 2. The molecule has 4 rings (SSSR count). The number of nitrogens with zero attached hydrogens (tertiary/aromatic N) is 4. The molecule has 2 saturated heterocycles. The van der Waals surface area contributed by atoms with Crippen molar-refractivity contribution in [2.45, 2.75) is 180 Å². The van der Waals surface area contributed by atoms with Gasteiger partial charge in [-0.15, -0.1) is 0 Å². The molecule has 3 fully saturated rings. The Morgan fingerprint density at radius 2 is 1.42 bits per heavy atom. The molecule has 79 heavy (non-hydrogen) atoms. The van der Waals surface area contributed by atoms with Crippen LogP contribution in [0.15, 0.2) is 24.3 Å². The maximum absolute atomic E-state index is 14.5. The van der Waals surface area contributed by atoms with Gasteiger partial charge in [-0.05, 0) is 101 Å². The molecule has 0 bridgehead atoms. The van der Waals surface area contributed by atoms with E-state index in [4.69, 9.17) is 14.2 Å². The van der Waals surface area contributed by atoms with Gasteiger partial charge in [0.25, 0.3) is 5.91 Å². The van der Waals surface area contributed by atoms with Crippen LogP contribution in [-0.2, 0) is 59.5 Å². The zero-order valence-corrected chi connectivity index (χ0v) is 49.6. The van der Waals surface area contributed by atoms with E-state index in [-0.39, 0.29) is 60.0 Å². The quantitative estimate of drug-likeness (QED) is 0.0659. The molecular formula is C56H92N8O14S. The lowest BCUT2D eigenvalue weighted by Crippen LogP contribution is -2.59. The van der Waals surface area contributed by atoms with E-state index in [1.54, 1.807) is 40.8 Å². The van der Waals surface area contributed by atoms with Crippen molar-refractivity contribution in [3.8, 4) is 5.75 Å². The predicted octanol–water partition coefficient (Wildman–Crippen LogP) is 3.94. The average molecular weight is 1130 g/mol. The normalized spacial score (nSPS) is 19.2. The van der Waals surface area contributed by atoms with Crippen LogP contribution in [0.4, 0.5) is 4.79 Å². The summed E-state index contributed by atoms with van der Waals surface area (Å²) in [6.07, 6.45) is 3.24. The topological polar surface area (TPSA) is 280 Å². The molecule has 1 unspecified atom stereocenters. The first-order valence-electron chi connectivity index (χ1n) is 28.3. The second-order valence-corrected chi connectivity index (χ2v) is 24.7. The number of rotatable bonds is 31. The molecule has 22 nitrogen and oxygen atoms in total. The number of likely N-dealkylation sites (tertiary alicyclic amines) is 2. The Kier molecular flexibility index (Phi) is 25.9. The fraction of sp³-hybridized carbons (Fsp3) is 0.750. The first-order valence-corrected chi connectivity index (χ1v) is 29.8. The van der Waals surface area contributed by atoms with E-state index in [2.05, 4.69) is 20.7 Å². The number of carboxylic acid groups (broad SMARTS) is 1. The second-order valence-electron chi connectivity index (χ2n) is 22.7. The zero-order chi connectivity index (χ0) is 58.9. The highest BCUT2D eigenvalue weighted by Gasteiger charge is 2.44. The molecule has 23 heteroatoms. The summed E-state index contributed by atoms with van der Waals surface area (Å²) in [7, 11) is 4.28. The number of aliphatic carboxylic acids is 1. The highest BCUT2D eigenvalue weighted by Crippen LogP contribution is 2.31. The molecule has 1 aromatic carbocycles. The second kappa shape index (κ2) is 31.0. The van der Waals surface area contributed by atoms with Crippen molar-refractivity contribution in [2.75, 3.05) is 61.5 Å². The van der Waals surface area contributed by atoms with Crippen LogP contribution in [0.25, 0.3) is 0 Å². The molecular weight excluding hydrogens is 1040 g/mol. The summed E-state index contributed by atoms with van der Waals surface area (Å²) in [5.74, 6) is -4.70. The number of hydrogen-bond donors (Lipinski definition) is 5. The Balaban J connectivity index is 1.39. The van der Waals surface area contributed by atoms with Crippen LogP contribution in [0.2, 0.25) is 0 Å². The number of unbranched alkanes of at least 4 members (excludes halogenated alkanes) is 2. The number of piperidine rings is 1. The van der Waals surface area contributed by atoms with E-state index in [1.165, 1.54) is 26.4 Å². The Hall–Kier alpha value is -5.39. The first kappa shape index (κ1) is 66.1. The van der Waals surface area contributed by atoms with Gasteiger partial charge in [-0.1, -0.05) is 73.4 Å². The lowest BCUT2D eigenvalue weighted by molar-refractivity contribution is -0.148. The van der Waals surface area contributed by atoms with Crippen LogP contribution in [-0.4, -0.2) is 190 Å². The Morgan fingerprint density at radius 1 is 0.772 bits per heavy atom. The summed E-state index contributed by atoms with van der Waals surface area (Å²) >= 11 is 0. The lowest BCUT2D eigenvalue weighted by atomic mass is 9.89. The van der Waals surface area contributed by atoms with Gasteiger partial charge in [-0.25, -0.2) is 13.2 Å². The Morgan fingerprint density at radius 3 is 1.96 bits per heavy atom. The molecule has 0 aromatic heterocycles. The monoisotopic (exact) mass is 1130 g/mol. The van der Waals surface area contributed by atoms with Crippen molar-refractivity contribution in [3.63, 3.8) is 0 Å². The number of carboxylic acids is 1. The molecule has 3 aliphatic rings. The van der Waals surface area contributed by atoms with E-state index in [0.29, 0.717) is 102 Å². The number of carbonyl (C=O) groups is 8. The van der Waals surface area contributed by atoms with Gasteiger partial charge in [-0.3, -0.25) is 43.2 Å². The Bertz CT molecular complexity index is 2320. The molecule has 1 aliphatic carbocycles. The molecule has 1 aromatic rings. The van der Waals surface area contributed by atoms with Gasteiger partial charge in [0.2, 0.25) is 39.6 Å². The highest BCUT2D eigenvalue weighted by atomic mass is 32.2. The molecule has 2 aliphatic heterocycles. The molecule has 2 heterocycles. The predicted molar refractivity (Wildman–Crippen MR) is 297 cm³/mol. The van der Waals surface area contributed by atoms with Gasteiger partial charge in [0, 0.05) is 60.3 Å². The molecule has 446 valence electrons. The van der Waals surface area contributed by atoms with Crippen LogP contribution >= 0.6 is 0 Å². The van der Waals surface area contributed by atoms with Crippen LogP contribution in [0.1, 0.15) is 131 Å². The zero-order valence-electron chi connectivity index (χ0n) is 48.8. The largest absolute Gasteiger partial charge is 0.481 e. The van der Waals surface area contributed by atoms with Crippen molar-refractivity contribution in [1.29, 1.82) is 0 Å². The molecule has 0 radical (unpaired) electrons. The summed E-state index contributed by atoms with van der Waals surface area (Å²) in [6.45, 7) is 14.8. The summed E-state index contributed by atoms with van der Waals surface area (Å²) in [5, 5.41) is 17.0. The van der Waals surface area contributed by atoms with Gasteiger partial charge < -0.3 is 50.0 Å². The van der Waals surface area contributed by atoms with E-state index in [1.807, 2.05) is 60.5 Å². The lowest BCUT2D eigenvalue weighted by Gasteiger charge is -2.41. The third-order valence-corrected chi connectivity index (χ3v) is 17.7. The van der Waals surface area contributed by atoms with Gasteiger partial charge >= 0.3 is 12.1 Å². The van der Waals surface area contributed by atoms with Crippen molar-refractivity contribution < 1.29 is 66.1 Å². The average Bonchev–Trinajstić information content (AvgIpc) is 4.18. The van der Waals surface area contributed by atoms with E-state index in [9.17, 15) is 51.9 Å². The number of carbonyl (C=O) groups excluding carboxylic acids is 7. The fourth-order valence-corrected chi connectivity index (χ4v) is 12.3. The highest BCUT2D eigenvalue weighted by molar-refractivity contribution is 7.90. The van der Waals surface area contributed by atoms with Gasteiger partial charge in [-0.2, -0.15) is 0 Å². The first-order chi connectivity index (χ1) is 37.3. The molecule has 1 saturated carbocycles. The summed E-state index contributed by atoms with van der Waals surface area (Å²) in [5.41, 5.74) is 0.519. The van der Waals surface area contributed by atoms with Crippen LogP contribution in [0.5, 0.6) is 5.75 Å². The third kappa shape index (κ3) is 19.1. The maximum atomic E-state index is 14.5. The molecule has 7 amide bonds. The number of benzene rings is 1. The number of hydrogen-bond acceptors (Lipinski definition) is 14. The third-order valence-electron chi connectivity index (χ3n) is 15.9. The number of sulfonamides is 1. The summed E-state index contributed by atoms with van der Waals surface area (Å²) in [6, 6.07) is 2.45. The van der Waals surface area contributed by atoms with Gasteiger partial charge in [0.05, 0.1) is 53.8 Å². The van der Waals surface area contributed by atoms with Crippen LogP contribution in [0, 0.1) is 29.6 Å². The van der Waals surface area contributed by atoms with Crippen molar-refractivity contribution >= 4 is 57.5 Å². The van der Waals surface area contributed by atoms with Gasteiger partial charge in [0.15, 0.2) is 0 Å². The Labute approximate surface area is 468 Å². The minimum Gasteiger partial charge on any atom is -0.481 e. The molecule has 0 spiro atoms. The smallest absolute Gasteiger partial charge is 0.412 e.